The van der Waals surface area contributed by atoms with Crippen LogP contribution in [-0.2, 0) is 6.54 Å². The molecule has 1 unspecified atom stereocenters. The van der Waals surface area contributed by atoms with Crippen molar-refractivity contribution in [3.8, 4) is 17.1 Å². The molecule has 0 aliphatic carbocycles. The first-order chi connectivity index (χ1) is 14.2. The highest BCUT2D eigenvalue weighted by molar-refractivity contribution is 5.58. The molecule has 3 aromatic rings. The van der Waals surface area contributed by atoms with Gasteiger partial charge in [0.15, 0.2) is 0 Å². The minimum atomic E-state index is -0.441. The number of para-hydroxylation sites is 1. The normalized spacial score (nSPS) is 17.2. The van der Waals surface area contributed by atoms with E-state index in [1.165, 1.54) is 12.1 Å². The smallest absolute Gasteiger partial charge is 0.270 e. The Kier molecular flexibility index (Phi) is 5.50. The second-order valence-corrected chi connectivity index (χ2v) is 6.75. The predicted molar refractivity (Wildman–Crippen MR) is 105 cm³/mol. The van der Waals surface area contributed by atoms with Crippen molar-refractivity contribution in [2.24, 2.45) is 0 Å². The lowest BCUT2D eigenvalue weighted by Gasteiger charge is -2.36. The maximum absolute atomic E-state index is 11.0. The molecule has 1 fully saturated rings. The van der Waals surface area contributed by atoms with Gasteiger partial charge in [0.1, 0.15) is 5.75 Å². The molecule has 2 aromatic carbocycles. The molecule has 9 heteroatoms. The first-order valence-electron chi connectivity index (χ1n) is 9.31. The summed E-state index contributed by atoms with van der Waals surface area (Å²) in [5, 5.41) is 18.4. The molecular formula is C20H21N5O4. The quantitative estimate of drug-likeness (QED) is 0.502. The summed E-state index contributed by atoms with van der Waals surface area (Å²) in [5.74, 6) is 1.65. The van der Waals surface area contributed by atoms with Crippen molar-refractivity contribution in [1.82, 2.24) is 20.4 Å². The largest absolute Gasteiger partial charge is 0.496 e. The van der Waals surface area contributed by atoms with Crippen molar-refractivity contribution in [3.05, 3.63) is 70.1 Å². The Morgan fingerprint density at radius 1 is 1.31 bits per heavy atom. The summed E-state index contributed by atoms with van der Waals surface area (Å²) in [6.45, 7) is 2.94. The molecule has 0 radical (unpaired) electrons. The van der Waals surface area contributed by atoms with Crippen molar-refractivity contribution in [1.29, 1.82) is 0 Å². The fourth-order valence-corrected chi connectivity index (χ4v) is 3.55. The summed E-state index contributed by atoms with van der Waals surface area (Å²) in [4.78, 5) is 17.3. The Bertz CT molecular complexity index is 1010. The van der Waals surface area contributed by atoms with Gasteiger partial charge in [-0.2, -0.15) is 4.98 Å². The zero-order valence-corrected chi connectivity index (χ0v) is 15.9. The van der Waals surface area contributed by atoms with Crippen LogP contribution in [0, 0.1) is 10.1 Å². The highest BCUT2D eigenvalue weighted by Gasteiger charge is 2.27. The first kappa shape index (κ1) is 19.0. The van der Waals surface area contributed by atoms with E-state index in [-0.39, 0.29) is 11.7 Å². The van der Waals surface area contributed by atoms with Gasteiger partial charge in [-0.1, -0.05) is 35.5 Å². The number of hydrogen-bond donors (Lipinski definition) is 1. The minimum Gasteiger partial charge on any atom is -0.496 e. The third-order valence-electron chi connectivity index (χ3n) is 4.97. The van der Waals surface area contributed by atoms with Gasteiger partial charge < -0.3 is 14.6 Å². The van der Waals surface area contributed by atoms with Crippen molar-refractivity contribution in [2.75, 3.05) is 26.7 Å². The number of rotatable bonds is 6. The van der Waals surface area contributed by atoms with Gasteiger partial charge in [0.25, 0.3) is 5.69 Å². The van der Waals surface area contributed by atoms with Crippen molar-refractivity contribution < 1.29 is 14.2 Å². The van der Waals surface area contributed by atoms with Crippen LogP contribution in [0.5, 0.6) is 5.75 Å². The van der Waals surface area contributed by atoms with E-state index in [2.05, 4.69) is 26.4 Å². The van der Waals surface area contributed by atoms with Crippen molar-refractivity contribution in [2.45, 2.75) is 12.6 Å². The van der Waals surface area contributed by atoms with Gasteiger partial charge in [0.05, 0.1) is 24.6 Å². The fraction of sp³-hybridized carbons (Fsp3) is 0.300. The lowest BCUT2D eigenvalue weighted by molar-refractivity contribution is -0.384. The molecule has 1 N–H and O–H groups in total. The molecule has 1 atom stereocenters. The molecule has 1 aliphatic rings. The van der Waals surface area contributed by atoms with Gasteiger partial charge >= 0.3 is 0 Å². The minimum absolute atomic E-state index is 0.00723. The van der Waals surface area contributed by atoms with Crippen LogP contribution < -0.4 is 10.1 Å². The van der Waals surface area contributed by atoms with Crippen LogP contribution in [0.1, 0.15) is 17.5 Å². The van der Waals surface area contributed by atoms with Crippen LogP contribution in [0.25, 0.3) is 11.4 Å². The number of benzene rings is 2. The maximum atomic E-state index is 11.0. The van der Waals surface area contributed by atoms with Crippen molar-refractivity contribution >= 4 is 5.69 Å². The molecule has 0 spiro atoms. The number of piperazine rings is 1. The topological polar surface area (TPSA) is 107 Å². The highest BCUT2D eigenvalue weighted by atomic mass is 16.6. The first-order valence-corrected chi connectivity index (χ1v) is 9.31. The number of aromatic nitrogens is 2. The van der Waals surface area contributed by atoms with E-state index in [9.17, 15) is 10.1 Å². The predicted octanol–water partition coefficient (Wildman–Crippen LogP) is 2.80. The lowest BCUT2D eigenvalue weighted by atomic mass is 10.0. The molecule has 0 amide bonds. The van der Waals surface area contributed by atoms with Crippen LogP contribution >= 0.6 is 0 Å². The third kappa shape index (κ3) is 4.10. The van der Waals surface area contributed by atoms with Crippen LogP contribution in [-0.4, -0.2) is 46.7 Å². The van der Waals surface area contributed by atoms with E-state index in [1.807, 2.05) is 18.2 Å². The number of nitrogens with zero attached hydrogens (tertiary/aromatic N) is 4. The Hall–Kier alpha value is -3.30. The molecule has 9 nitrogen and oxygen atoms in total. The summed E-state index contributed by atoms with van der Waals surface area (Å²) in [6.07, 6.45) is 0. The van der Waals surface area contributed by atoms with Gasteiger partial charge in [0.2, 0.25) is 11.7 Å². The molecule has 1 aliphatic heterocycles. The second kappa shape index (κ2) is 8.38. The summed E-state index contributed by atoms with van der Waals surface area (Å²) in [6, 6.07) is 14.3. The monoisotopic (exact) mass is 395 g/mol. The van der Waals surface area contributed by atoms with E-state index in [0.717, 1.165) is 30.9 Å². The zero-order valence-electron chi connectivity index (χ0n) is 15.9. The number of hydrogen-bond acceptors (Lipinski definition) is 8. The number of nitro benzene ring substituents is 1. The van der Waals surface area contributed by atoms with Crippen LogP contribution in [0.2, 0.25) is 0 Å². The Morgan fingerprint density at radius 3 is 3.00 bits per heavy atom. The van der Waals surface area contributed by atoms with Crippen LogP contribution in [0.4, 0.5) is 5.69 Å². The number of nitrogens with one attached hydrogen (secondary N) is 1. The summed E-state index contributed by atoms with van der Waals surface area (Å²) >= 11 is 0. The Balaban J connectivity index is 1.55. The molecular weight excluding hydrogens is 374 g/mol. The Morgan fingerprint density at radius 2 is 2.17 bits per heavy atom. The Labute approximate surface area is 167 Å². The lowest BCUT2D eigenvalue weighted by Crippen LogP contribution is -2.45. The summed E-state index contributed by atoms with van der Waals surface area (Å²) < 4.78 is 11.0. The maximum Gasteiger partial charge on any atom is 0.270 e. The fourth-order valence-electron chi connectivity index (χ4n) is 3.55. The summed E-state index contributed by atoms with van der Waals surface area (Å²) in [7, 11) is 1.67. The van der Waals surface area contributed by atoms with Gasteiger partial charge in [-0.3, -0.25) is 15.0 Å². The zero-order chi connectivity index (χ0) is 20.2. The third-order valence-corrected chi connectivity index (χ3v) is 4.97. The van der Waals surface area contributed by atoms with Crippen molar-refractivity contribution in [3.63, 3.8) is 0 Å². The van der Waals surface area contributed by atoms with Gasteiger partial charge in [-0.25, -0.2) is 0 Å². The van der Waals surface area contributed by atoms with E-state index >= 15 is 0 Å². The average Bonchev–Trinajstić information content (AvgIpc) is 3.23. The molecule has 4 rings (SSSR count). The molecule has 1 saturated heterocycles. The number of nitro groups is 1. The van der Waals surface area contributed by atoms with E-state index in [1.54, 1.807) is 19.2 Å². The van der Waals surface area contributed by atoms with Gasteiger partial charge in [-0.15, -0.1) is 0 Å². The standard InChI is InChI=1S/C20H21N5O4/c1-28-18-8-3-2-7-16(18)17-12-21-9-10-24(17)13-19-22-20(23-29-19)14-5-4-6-15(11-14)25(26)27/h2-8,11,17,21H,9-10,12-13H2,1H3. The van der Waals surface area contributed by atoms with Crippen LogP contribution in [0.3, 0.4) is 0 Å². The van der Waals surface area contributed by atoms with Gasteiger partial charge in [0, 0.05) is 42.9 Å². The number of non-ortho nitro benzene ring substituents is 1. The van der Waals surface area contributed by atoms with Gasteiger partial charge in [-0.05, 0) is 6.07 Å². The molecule has 0 bridgehead atoms. The molecule has 1 aromatic heterocycles. The molecule has 29 heavy (non-hydrogen) atoms. The van der Waals surface area contributed by atoms with E-state index in [0.29, 0.717) is 23.8 Å². The molecule has 0 saturated carbocycles. The molecule has 2 heterocycles. The highest BCUT2D eigenvalue weighted by Crippen LogP contribution is 2.31. The van der Waals surface area contributed by atoms with E-state index < -0.39 is 4.92 Å². The second-order valence-electron chi connectivity index (χ2n) is 6.75. The number of ether oxygens (including phenoxy) is 1. The molecule has 150 valence electrons. The number of methoxy groups -OCH3 is 1. The van der Waals surface area contributed by atoms with Crippen LogP contribution in [0.15, 0.2) is 53.1 Å². The SMILES string of the molecule is COc1ccccc1C1CNCCN1Cc1nc(-c2cccc([N+](=O)[O-])c2)no1. The summed E-state index contributed by atoms with van der Waals surface area (Å²) in [5.41, 5.74) is 1.64. The van der Waals surface area contributed by atoms with E-state index in [4.69, 9.17) is 9.26 Å². The average molecular weight is 395 g/mol.